The highest BCUT2D eigenvalue weighted by Crippen LogP contribution is 2.41. The lowest BCUT2D eigenvalue weighted by Crippen LogP contribution is -2.76. The van der Waals surface area contributed by atoms with Gasteiger partial charge in [0.1, 0.15) is 0 Å². The maximum Gasteiger partial charge on any atom is 0.417 e. The van der Waals surface area contributed by atoms with Gasteiger partial charge in [0.15, 0.2) is 0 Å². The van der Waals surface area contributed by atoms with Gasteiger partial charge in [-0.2, -0.15) is 13.2 Å². The zero-order valence-electron chi connectivity index (χ0n) is 55.4. The highest BCUT2D eigenvalue weighted by atomic mass is 35.5. The van der Waals surface area contributed by atoms with E-state index in [2.05, 4.69) is 159 Å². The number of alkyl halides is 3. The summed E-state index contributed by atoms with van der Waals surface area (Å²) in [5, 5.41) is 23.8. The Morgan fingerprint density at radius 1 is 0.860 bits per heavy atom. The quantitative estimate of drug-likeness (QED) is 0.127. The van der Waals surface area contributed by atoms with Gasteiger partial charge in [0.05, 0.1) is 23.0 Å². The molecule has 6 N–H and O–H groups in total. The number of allylic oxidation sites excluding steroid dienone is 4. The lowest BCUT2D eigenvalue weighted by molar-refractivity contribution is -0.162. The Kier molecular flexibility index (Phi) is 26.7. The van der Waals surface area contributed by atoms with Crippen molar-refractivity contribution in [3.8, 4) is 0 Å². The molecule has 17 heteroatoms. The third-order valence-electron chi connectivity index (χ3n) is 20.4. The van der Waals surface area contributed by atoms with E-state index >= 15 is 0 Å². The fourth-order valence-corrected chi connectivity index (χ4v) is 15.1. The van der Waals surface area contributed by atoms with Crippen LogP contribution in [0, 0.1) is 29.6 Å². The van der Waals surface area contributed by atoms with Crippen molar-refractivity contribution in [2.45, 2.75) is 245 Å². The molecule has 13 nitrogen and oxygen atoms in total. The van der Waals surface area contributed by atoms with E-state index in [1.165, 1.54) is 55.6 Å². The molecule has 1 spiro atoms. The molecular weight excluding hydrogens is 1110 g/mol. The topological polar surface area (TPSA) is 118 Å². The van der Waals surface area contributed by atoms with Gasteiger partial charge in [-0.15, -0.1) is 0 Å². The van der Waals surface area contributed by atoms with Gasteiger partial charge < -0.3 is 51.5 Å². The van der Waals surface area contributed by atoms with Gasteiger partial charge in [-0.05, 0) is 166 Å². The molecule has 1 aromatic carbocycles. The number of nitrogens with zero attached hydrogens (tertiary/aromatic N) is 6. The largest absolute Gasteiger partial charge is 0.417 e. The minimum Gasteiger partial charge on any atom is -0.369 e. The van der Waals surface area contributed by atoms with Gasteiger partial charge in [-0.3, -0.25) is 14.7 Å². The first-order chi connectivity index (χ1) is 41.0. The number of nitrogens with one attached hydrogen (secondary N) is 6. The van der Waals surface area contributed by atoms with E-state index in [0.717, 1.165) is 121 Å². The number of halogens is 4. The van der Waals surface area contributed by atoms with E-state index in [1.807, 2.05) is 24.7 Å². The number of hydrogen-bond donors (Lipinski definition) is 6. The highest BCUT2D eigenvalue weighted by Gasteiger charge is 2.55. The molecule has 2 saturated carbocycles. The van der Waals surface area contributed by atoms with Gasteiger partial charge in [0, 0.05) is 168 Å². The molecule has 1 aromatic rings. The second-order valence-corrected chi connectivity index (χ2v) is 28.4. The van der Waals surface area contributed by atoms with Gasteiger partial charge in [-0.1, -0.05) is 78.5 Å². The molecule has 1 amide bonds. The molecule has 4 aliphatic heterocycles. The fraction of sp³-hybridized carbons (Fsp3) is 0.768. The first-order valence-electron chi connectivity index (χ1n) is 33.9. The van der Waals surface area contributed by atoms with Crippen molar-refractivity contribution >= 4 is 23.7 Å². The summed E-state index contributed by atoms with van der Waals surface area (Å²) in [4.78, 5) is 31.6. The Bertz CT molecular complexity index is 2410. The zero-order valence-corrected chi connectivity index (χ0v) is 56.1. The molecule has 486 valence electrons. The average Bonchev–Trinajstić information content (AvgIpc) is 0.992. The highest BCUT2D eigenvalue weighted by molar-refractivity contribution is 6.31. The Hall–Kier alpha value is -3.64. The third kappa shape index (κ3) is 19.7. The number of carbonyl (C=O) groups is 1. The molecule has 0 aromatic heterocycles. The number of rotatable bonds is 11. The number of fused-ring (bicyclic) bond motifs is 2. The van der Waals surface area contributed by atoms with Crippen LogP contribution in [0.1, 0.15) is 184 Å². The van der Waals surface area contributed by atoms with Crippen LogP contribution < -0.4 is 31.9 Å². The molecular formula is C69H116ClF3N12O. The third-order valence-corrected chi connectivity index (χ3v) is 20.7. The van der Waals surface area contributed by atoms with Crippen LogP contribution in [0.25, 0.3) is 0 Å². The van der Waals surface area contributed by atoms with Crippen LogP contribution in [0.3, 0.4) is 0 Å². The molecule has 5 fully saturated rings. The summed E-state index contributed by atoms with van der Waals surface area (Å²) < 4.78 is 40.9. The summed E-state index contributed by atoms with van der Waals surface area (Å²) in [5.41, 5.74) is 3.40. The second-order valence-electron chi connectivity index (χ2n) is 28.0. The van der Waals surface area contributed by atoms with Crippen LogP contribution in [0.5, 0.6) is 0 Å². The van der Waals surface area contributed by atoms with E-state index in [-0.39, 0.29) is 70.9 Å². The number of likely N-dealkylation sites (tertiary alicyclic amines) is 1. The summed E-state index contributed by atoms with van der Waals surface area (Å²) in [7, 11) is 4.27. The van der Waals surface area contributed by atoms with Crippen LogP contribution in [0.15, 0.2) is 71.2 Å². The molecule has 86 heavy (non-hydrogen) atoms. The van der Waals surface area contributed by atoms with Crippen molar-refractivity contribution in [2.75, 3.05) is 66.5 Å². The first kappa shape index (κ1) is 69.8. The molecule has 6 aliphatic rings. The van der Waals surface area contributed by atoms with Crippen molar-refractivity contribution < 1.29 is 18.0 Å². The van der Waals surface area contributed by atoms with E-state index in [0.29, 0.717) is 49.0 Å². The Balaban J connectivity index is 1.17. The number of carbonyl (C=O) groups excluding carboxylic acids is 1. The maximum absolute atomic E-state index is 14.8. The summed E-state index contributed by atoms with van der Waals surface area (Å²) in [5.74, 6) is 2.35. The minimum absolute atomic E-state index is 0.0467. The van der Waals surface area contributed by atoms with Crippen LogP contribution in [-0.2, 0) is 17.4 Å². The van der Waals surface area contributed by atoms with Crippen LogP contribution in [0.2, 0.25) is 5.02 Å². The fourth-order valence-electron chi connectivity index (χ4n) is 14.8. The van der Waals surface area contributed by atoms with Gasteiger partial charge in [0.2, 0.25) is 5.91 Å². The van der Waals surface area contributed by atoms with Crippen molar-refractivity contribution in [2.24, 2.45) is 34.6 Å². The SMILES string of the molecule is CC[C@H](C)[C@H]1CN[C@@H](CC(C)C)C(C)NCC2[C@@H](C(=O)N3CCCCC3)C(C)N2[C@@H](C(C)C)C(C)NC2(CCCC2)CNCCN=CC=C(CCc2ccc(C(F)(F)F)c(Cl)c2)NC=CN(C)C=C(CC2CC2)N(C)C=C2CCCN2[C@@H](C)C(C)N1. The summed E-state index contributed by atoms with van der Waals surface area (Å²) >= 11 is 6.18. The molecule has 11 atom stereocenters. The molecule has 4 heterocycles. The Morgan fingerprint density at radius 3 is 2.26 bits per heavy atom. The Morgan fingerprint density at radius 2 is 1.59 bits per heavy atom. The van der Waals surface area contributed by atoms with E-state index in [4.69, 9.17) is 16.6 Å². The van der Waals surface area contributed by atoms with Crippen molar-refractivity contribution in [1.82, 2.24) is 56.4 Å². The Labute approximate surface area is 524 Å². The predicted molar refractivity (Wildman–Crippen MR) is 352 cm³/mol. The maximum atomic E-state index is 14.8. The van der Waals surface area contributed by atoms with Crippen LogP contribution in [0.4, 0.5) is 13.2 Å². The summed E-state index contributed by atoms with van der Waals surface area (Å²) in [6, 6.07) is 5.96. The predicted octanol–water partition coefficient (Wildman–Crippen LogP) is 12.1. The number of piperidine rings is 1. The number of benzene rings is 1. The minimum atomic E-state index is -4.51. The number of aliphatic imine (C=N–C) groups is 1. The van der Waals surface area contributed by atoms with Crippen LogP contribution in [-0.4, -0.2) is 163 Å². The molecule has 5 unspecified atom stereocenters. The van der Waals surface area contributed by atoms with Crippen LogP contribution >= 0.6 is 11.6 Å². The van der Waals surface area contributed by atoms with Gasteiger partial charge in [0.25, 0.3) is 0 Å². The second kappa shape index (κ2) is 32.9. The lowest BCUT2D eigenvalue weighted by Gasteiger charge is -2.60. The molecule has 0 bridgehead atoms. The zero-order chi connectivity index (χ0) is 62.3. The lowest BCUT2D eigenvalue weighted by atomic mass is 9.74. The summed E-state index contributed by atoms with van der Waals surface area (Å²) in [6.07, 6.45) is 24.8. The van der Waals surface area contributed by atoms with Crippen molar-refractivity contribution in [3.05, 3.63) is 82.3 Å². The number of aryl methyl sites for hydroxylation is 1. The molecule has 3 saturated heterocycles. The molecule has 0 radical (unpaired) electrons. The van der Waals surface area contributed by atoms with E-state index < -0.39 is 11.7 Å². The smallest absolute Gasteiger partial charge is 0.369 e. The van der Waals surface area contributed by atoms with Crippen molar-refractivity contribution in [3.63, 3.8) is 0 Å². The van der Waals surface area contributed by atoms with E-state index in [9.17, 15) is 18.0 Å². The number of hydrogen-bond acceptors (Lipinski definition) is 12. The molecule has 2 aliphatic carbocycles. The summed E-state index contributed by atoms with van der Waals surface area (Å²) in [6.45, 7) is 32.7. The normalized spacial score (nSPS) is 30.3. The monoisotopic (exact) mass is 1220 g/mol. The standard InChI is InChI=1S/C69H116ClF3N12O/c1-14-49(6)63-42-78-62(39-47(2)3)51(8)77-43-64-65(67(86)83-35-18-15-19-36-83)54(11)85(64)66(48(4)5)52(9)80-68(29-16-17-30-68)46-75-33-32-74-31-28-57(26-24-56-25-27-60(61(70)41-56)69(71,72)73)76-34-38-81(12)44-59(40-55-22-23-55)82(13)45-58-21-20-37-84(58)53(10)50(7)79-63/h25,27-28,31,34,38,41,44-45,47-55,62-66,75-80H,14-24,26,29-30,32-33,35-37,39-40,42-43,46H2,1-13H3/t49-,50?,51?,52?,53-,54?,62-,63+,64?,65-,66-/m0/s1. The average molecular weight is 1220 g/mol. The number of amides is 1. The van der Waals surface area contributed by atoms with Gasteiger partial charge in [-0.25, -0.2) is 0 Å². The first-order valence-corrected chi connectivity index (χ1v) is 34.2. The molecule has 7 rings (SSSR count). The van der Waals surface area contributed by atoms with Gasteiger partial charge >= 0.3 is 6.18 Å². The van der Waals surface area contributed by atoms with Crippen molar-refractivity contribution in [1.29, 1.82) is 0 Å². The van der Waals surface area contributed by atoms with E-state index in [1.54, 1.807) is 0 Å².